The maximum Gasteiger partial charge on any atom is 0.433 e. The molecule has 0 aliphatic carbocycles. The summed E-state index contributed by atoms with van der Waals surface area (Å²) in [4.78, 5) is 16.9. The van der Waals surface area contributed by atoms with Crippen molar-refractivity contribution in [2.75, 3.05) is 5.32 Å². The standard InChI is InChI=1S/C21H13Cl2F3N4O/c1-11-14(23)3-2-4-15(11)28-20(31)17-10-19-27-16(12-5-7-13(22)8-6-12)9-18(21(24,25)26)30(19)29-17/h2-10H,1H3,(H,28,31). The first-order valence-corrected chi connectivity index (χ1v) is 9.69. The molecule has 4 rings (SSSR count). The summed E-state index contributed by atoms with van der Waals surface area (Å²) in [6.45, 7) is 1.71. The summed E-state index contributed by atoms with van der Waals surface area (Å²) < 4.78 is 41.7. The predicted molar refractivity (Wildman–Crippen MR) is 113 cm³/mol. The molecule has 0 saturated carbocycles. The molecule has 10 heteroatoms. The van der Waals surface area contributed by atoms with Gasteiger partial charge in [0.25, 0.3) is 5.91 Å². The highest BCUT2D eigenvalue weighted by Crippen LogP contribution is 2.33. The zero-order valence-corrected chi connectivity index (χ0v) is 17.3. The van der Waals surface area contributed by atoms with E-state index in [0.717, 1.165) is 6.07 Å². The lowest BCUT2D eigenvalue weighted by Gasteiger charge is -2.11. The number of anilines is 1. The monoisotopic (exact) mass is 464 g/mol. The molecule has 2 heterocycles. The van der Waals surface area contributed by atoms with Crippen molar-refractivity contribution in [2.24, 2.45) is 0 Å². The van der Waals surface area contributed by atoms with Crippen LogP contribution in [0.3, 0.4) is 0 Å². The lowest BCUT2D eigenvalue weighted by atomic mass is 10.1. The molecular formula is C21H13Cl2F3N4O. The molecule has 0 aliphatic heterocycles. The van der Waals surface area contributed by atoms with E-state index in [9.17, 15) is 18.0 Å². The normalized spacial score (nSPS) is 11.7. The van der Waals surface area contributed by atoms with E-state index in [-0.39, 0.29) is 17.0 Å². The number of benzene rings is 2. The summed E-state index contributed by atoms with van der Waals surface area (Å²) >= 11 is 11.9. The Morgan fingerprint density at radius 3 is 2.45 bits per heavy atom. The lowest BCUT2D eigenvalue weighted by Crippen LogP contribution is -2.16. The van der Waals surface area contributed by atoms with Gasteiger partial charge < -0.3 is 5.32 Å². The largest absolute Gasteiger partial charge is 0.433 e. The Morgan fingerprint density at radius 1 is 1.06 bits per heavy atom. The van der Waals surface area contributed by atoms with Gasteiger partial charge in [0.2, 0.25) is 0 Å². The second-order valence-corrected chi connectivity index (χ2v) is 7.54. The topological polar surface area (TPSA) is 59.3 Å². The molecular weight excluding hydrogens is 452 g/mol. The zero-order valence-electron chi connectivity index (χ0n) is 15.8. The average molecular weight is 465 g/mol. The van der Waals surface area contributed by atoms with Crippen molar-refractivity contribution in [2.45, 2.75) is 13.1 Å². The third kappa shape index (κ3) is 4.22. The van der Waals surface area contributed by atoms with Crippen molar-refractivity contribution in [3.05, 3.63) is 81.6 Å². The lowest BCUT2D eigenvalue weighted by molar-refractivity contribution is -0.142. The Morgan fingerprint density at radius 2 is 1.77 bits per heavy atom. The summed E-state index contributed by atoms with van der Waals surface area (Å²) in [5.41, 5.74) is 0.188. The summed E-state index contributed by atoms with van der Waals surface area (Å²) in [6, 6.07) is 13.3. The molecule has 5 nitrogen and oxygen atoms in total. The quantitative estimate of drug-likeness (QED) is 0.387. The second kappa shape index (κ2) is 7.86. The fourth-order valence-electron chi connectivity index (χ4n) is 2.99. The number of fused-ring (bicyclic) bond motifs is 1. The van der Waals surface area contributed by atoms with Crippen LogP contribution in [0.15, 0.2) is 54.6 Å². The highest BCUT2D eigenvalue weighted by molar-refractivity contribution is 6.32. The van der Waals surface area contributed by atoms with Crippen molar-refractivity contribution >= 4 is 40.4 Å². The summed E-state index contributed by atoms with van der Waals surface area (Å²) in [5.74, 6) is -0.683. The number of nitrogens with zero attached hydrogens (tertiary/aromatic N) is 3. The molecule has 2 aromatic heterocycles. The summed E-state index contributed by atoms with van der Waals surface area (Å²) in [5, 5.41) is 7.35. The molecule has 0 spiro atoms. The van der Waals surface area contributed by atoms with E-state index in [1.165, 1.54) is 6.07 Å². The molecule has 0 fully saturated rings. The van der Waals surface area contributed by atoms with Gasteiger partial charge in [0, 0.05) is 27.4 Å². The molecule has 158 valence electrons. The van der Waals surface area contributed by atoms with Crippen LogP contribution >= 0.6 is 23.2 Å². The highest BCUT2D eigenvalue weighted by Gasteiger charge is 2.35. The van der Waals surface area contributed by atoms with Crippen molar-refractivity contribution in [1.29, 1.82) is 0 Å². The van der Waals surface area contributed by atoms with Crippen LogP contribution in [0.2, 0.25) is 10.0 Å². The van der Waals surface area contributed by atoms with Crippen LogP contribution < -0.4 is 5.32 Å². The minimum absolute atomic E-state index is 0.0778. The van der Waals surface area contributed by atoms with Gasteiger partial charge in [-0.1, -0.05) is 41.4 Å². The molecule has 2 aromatic carbocycles. The fourth-order valence-corrected chi connectivity index (χ4v) is 3.29. The zero-order chi connectivity index (χ0) is 22.3. The molecule has 0 saturated heterocycles. The van der Waals surface area contributed by atoms with Crippen LogP contribution in [-0.2, 0) is 6.18 Å². The first kappa shape index (κ1) is 21.1. The SMILES string of the molecule is Cc1c(Cl)cccc1NC(=O)c1cc2nc(-c3ccc(Cl)cc3)cc(C(F)(F)F)n2n1. The molecule has 0 unspecified atom stereocenters. The van der Waals surface area contributed by atoms with Crippen LogP contribution in [0.1, 0.15) is 21.7 Å². The molecule has 1 amide bonds. The molecule has 4 aromatic rings. The van der Waals surface area contributed by atoms with E-state index in [4.69, 9.17) is 23.2 Å². The van der Waals surface area contributed by atoms with E-state index in [2.05, 4.69) is 15.4 Å². The number of hydrogen-bond donors (Lipinski definition) is 1. The molecule has 0 radical (unpaired) electrons. The predicted octanol–water partition coefficient (Wildman–Crippen LogP) is 6.28. The number of halogens is 5. The number of nitrogens with one attached hydrogen (secondary N) is 1. The van der Waals surface area contributed by atoms with Gasteiger partial charge in [0.15, 0.2) is 17.0 Å². The first-order chi connectivity index (χ1) is 14.6. The van der Waals surface area contributed by atoms with E-state index in [1.807, 2.05) is 0 Å². The molecule has 1 N–H and O–H groups in total. The van der Waals surface area contributed by atoms with Gasteiger partial charge in [0.05, 0.1) is 5.69 Å². The Bertz CT molecular complexity index is 1300. The third-order valence-electron chi connectivity index (χ3n) is 4.61. The number of rotatable bonds is 3. The van der Waals surface area contributed by atoms with Gasteiger partial charge in [-0.25, -0.2) is 9.50 Å². The van der Waals surface area contributed by atoms with Crippen molar-refractivity contribution in [1.82, 2.24) is 14.6 Å². The smallest absolute Gasteiger partial charge is 0.320 e. The van der Waals surface area contributed by atoms with Crippen molar-refractivity contribution < 1.29 is 18.0 Å². The summed E-state index contributed by atoms with van der Waals surface area (Å²) in [6.07, 6.45) is -4.72. The van der Waals surface area contributed by atoms with Crippen LogP contribution in [0.4, 0.5) is 18.9 Å². The summed E-state index contributed by atoms with van der Waals surface area (Å²) in [7, 11) is 0. The van der Waals surface area contributed by atoms with Crippen molar-refractivity contribution in [3.63, 3.8) is 0 Å². The molecule has 31 heavy (non-hydrogen) atoms. The van der Waals surface area contributed by atoms with E-state index < -0.39 is 17.8 Å². The average Bonchev–Trinajstić information content (AvgIpc) is 3.14. The third-order valence-corrected chi connectivity index (χ3v) is 5.27. The highest BCUT2D eigenvalue weighted by atomic mass is 35.5. The Balaban J connectivity index is 1.79. The van der Waals surface area contributed by atoms with E-state index in [1.54, 1.807) is 49.4 Å². The van der Waals surface area contributed by atoms with E-state index >= 15 is 0 Å². The van der Waals surface area contributed by atoms with Gasteiger partial charge in [-0.2, -0.15) is 18.3 Å². The number of carbonyl (C=O) groups excluding carboxylic acids is 1. The van der Waals surface area contributed by atoms with Gasteiger partial charge >= 0.3 is 6.18 Å². The maximum atomic E-state index is 13.7. The van der Waals surface area contributed by atoms with E-state index in [0.29, 0.717) is 31.4 Å². The van der Waals surface area contributed by atoms with Crippen molar-refractivity contribution in [3.8, 4) is 11.3 Å². The van der Waals surface area contributed by atoms with Gasteiger partial charge in [-0.15, -0.1) is 0 Å². The Labute approximate surface area is 184 Å². The van der Waals surface area contributed by atoms with Crippen LogP contribution in [0.25, 0.3) is 16.9 Å². The van der Waals surface area contributed by atoms with Gasteiger partial charge in [-0.05, 0) is 42.8 Å². The minimum Gasteiger partial charge on any atom is -0.320 e. The minimum atomic E-state index is -4.72. The second-order valence-electron chi connectivity index (χ2n) is 6.70. The fraction of sp³-hybridized carbons (Fsp3) is 0.0952. The Kier molecular flexibility index (Phi) is 5.36. The van der Waals surface area contributed by atoms with Crippen LogP contribution in [0.5, 0.6) is 0 Å². The number of aromatic nitrogens is 3. The number of hydrogen-bond acceptors (Lipinski definition) is 3. The first-order valence-electron chi connectivity index (χ1n) is 8.94. The Hall–Kier alpha value is -3.10. The number of alkyl halides is 3. The van der Waals surface area contributed by atoms with Gasteiger partial charge in [-0.3, -0.25) is 4.79 Å². The van der Waals surface area contributed by atoms with Crippen LogP contribution in [-0.4, -0.2) is 20.5 Å². The maximum absolute atomic E-state index is 13.7. The van der Waals surface area contributed by atoms with Crippen LogP contribution in [0, 0.1) is 6.92 Å². The molecule has 0 atom stereocenters. The molecule has 0 bridgehead atoms. The number of amides is 1. The number of carbonyl (C=O) groups is 1. The molecule has 0 aliphatic rings. The van der Waals surface area contributed by atoms with Gasteiger partial charge in [0.1, 0.15) is 0 Å².